The Morgan fingerprint density at radius 1 is 1.43 bits per heavy atom. The molecule has 2 aromatic heterocycles. The van der Waals surface area contributed by atoms with Crippen LogP contribution in [0.3, 0.4) is 0 Å². The Labute approximate surface area is 157 Å². The summed E-state index contributed by atoms with van der Waals surface area (Å²) in [4.78, 5) is 10.1. The third-order valence-electron chi connectivity index (χ3n) is 3.00. The van der Waals surface area contributed by atoms with Gasteiger partial charge in [0.05, 0.1) is 19.4 Å². The summed E-state index contributed by atoms with van der Waals surface area (Å²) in [6, 6.07) is 3.50. The fraction of sp³-hybridized carbons (Fsp3) is 0.467. The molecule has 0 bridgehead atoms. The molecule has 0 spiro atoms. The molecule has 1 atom stereocenters. The van der Waals surface area contributed by atoms with Gasteiger partial charge in [0.25, 0.3) is 0 Å². The van der Waals surface area contributed by atoms with Crippen molar-refractivity contribution in [1.29, 1.82) is 0 Å². The van der Waals surface area contributed by atoms with Crippen LogP contribution in [0.25, 0.3) is 0 Å². The summed E-state index contributed by atoms with van der Waals surface area (Å²) in [6.45, 7) is 5.72. The van der Waals surface area contributed by atoms with Gasteiger partial charge in [-0.25, -0.2) is 9.98 Å². The summed E-state index contributed by atoms with van der Waals surface area (Å²) in [6.07, 6.45) is 3.74. The van der Waals surface area contributed by atoms with Gasteiger partial charge in [-0.05, 0) is 25.5 Å². The molecule has 2 heterocycles. The highest BCUT2D eigenvalue weighted by molar-refractivity contribution is 14.0. The van der Waals surface area contributed by atoms with E-state index in [1.807, 2.05) is 13.1 Å². The summed E-state index contributed by atoms with van der Waals surface area (Å²) in [7, 11) is 0. The van der Waals surface area contributed by atoms with Gasteiger partial charge < -0.3 is 20.2 Å². The first kappa shape index (κ1) is 19.9. The fourth-order valence-corrected chi connectivity index (χ4v) is 2.63. The van der Waals surface area contributed by atoms with Crippen molar-refractivity contribution >= 4 is 41.3 Å². The van der Waals surface area contributed by atoms with Crippen LogP contribution in [0.15, 0.2) is 34.0 Å². The molecule has 8 heteroatoms. The fourth-order valence-electron chi connectivity index (χ4n) is 1.85. The molecule has 128 valence electrons. The number of guanidine groups is 1. The van der Waals surface area contributed by atoms with E-state index in [1.165, 1.54) is 4.88 Å². The van der Waals surface area contributed by atoms with Gasteiger partial charge in [-0.1, -0.05) is 6.92 Å². The second-order valence-electron chi connectivity index (χ2n) is 4.68. The van der Waals surface area contributed by atoms with Gasteiger partial charge in [0.2, 0.25) is 0 Å². The van der Waals surface area contributed by atoms with Crippen LogP contribution in [-0.4, -0.2) is 29.1 Å². The van der Waals surface area contributed by atoms with Crippen LogP contribution in [-0.2, 0) is 13.0 Å². The van der Waals surface area contributed by atoms with Gasteiger partial charge in [0.15, 0.2) is 5.96 Å². The van der Waals surface area contributed by atoms with Crippen molar-refractivity contribution in [3.8, 4) is 0 Å². The first-order valence-corrected chi connectivity index (χ1v) is 8.21. The van der Waals surface area contributed by atoms with Crippen molar-refractivity contribution in [2.75, 3.05) is 13.1 Å². The predicted octanol–water partition coefficient (Wildman–Crippen LogP) is 2.71. The smallest absolute Gasteiger partial charge is 0.191 e. The zero-order chi connectivity index (χ0) is 15.8. The first-order chi connectivity index (χ1) is 10.7. The Kier molecular flexibility index (Phi) is 9.19. The van der Waals surface area contributed by atoms with Crippen LogP contribution in [0.2, 0.25) is 0 Å². The minimum Gasteiger partial charge on any atom is -0.467 e. The van der Waals surface area contributed by atoms with E-state index in [2.05, 4.69) is 27.5 Å². The quantitative estimate of drug-likeness (QED) is 0.343. The molecular weight excluding hydrogens is 427 g/mol. The molecule has 0 aromatic carbocycles. The number of aliphatic hydroxyl groups is 1. The number of rotatable bonds is 7. The molecule has 0 saturated carbocycles. The van der Waals surface area contributed by atoms with Crippen LogP contribution in [0.1, 0.15) is 35.6 Å². The van der Waals surface area contributed by atoms with E-state index in [9.17, 15) is 5.11 Å². The van der Waals surface area contributed by atoms with E-state index in [4.69, 9.17) is 4.42 Å². The van der Waals surface area contributed by atoms with Crippen molar-refractivity contribution in [1.82, 2.24) is 15.6 Å². The highest BCUT2D eigenvalue weighted by Gasteiger charge is 2.11. The lowest BCUT2D eigenvalue weighted by molar-refractivity contribution is 0.153. The van der Waals surface area contributed by atoms with E-state index >= 15 is 0 Å². The average Bonchev–Trinajstić information content (AvgIpc) is 3.20. The molecule has 3 N–H and O–H groups in total. The van der Waals surface area contributed by atoms with Crippen molar-refractivity contribution in [3.05, 3.63) is 40.2 Å². The summed E-state index contributed by atoms with van der Waals surface area (Å²) in [5, 5.41) is 17.2. The third kappa shape index (κ3) is 6.48. The molecule has 0 saturated heterocycles. The van der Waals surface area contributed by atoms with Crippen LogP contribution >= 0.6 is 35.3 Å². The predicted molar refractivity (Wildman–Crippen MR) is 103 cm³/mol. The Hall–Kier alpha value is -1.13. The van der Waals surface area contributed by atoms with E-state index in [0.29, 0.717) is 24.8 Å². The van der Waals surface area contributed by atoms with E-state index in [0.717, 1.165) is 18.0 Å². The number of aryl methyl sites for hydroxylation is 1. The molecule has 0 amide bonds. The summed E-state index contributed by atoms with van der Waals surface area (Å²) >= 11 is 1.68. The number of hydrogen-bond donors (Lipinski definition) is 3. The minimum atomic E-state index is -0.703. The Morgan fingerprint density at radius 3 is 2.87 bits per heavy atom. The maximum absolute atomic E-state index is 10.00. The molecule has 0 aliphatic rings. The SMILES string of the molecule is CCNC(=NCc1ncc(CC)s1)NCC(O)c1ccco1.I. The molecule has 0 radical (unpaired) electrons. The lowest BCUT2D eigenvalue weighted by atomic mass is 10.3. The van der Waals surface area contributed by atoms with Gasteiger partial charge in [-0.3, -0.25) is 0 Å². The maximum atomic E-state index is 10.00. The van der Waals surface area contributed by atoms with Gasteiger partial charge in [-0.15, -0.1) is 35.3 Å². The van der Waals surface area contributed by atoms with Gasteiger partial charge >= 0.3 is 0 Å². The number of furan rings is 1. The minimum absolute atomic E-state index is 0. The molecule has 23 heavy (non-hydrogen) atoms. The Balaban J connectivity index is 0.00000264. The first-order valence-electron chi connectivity index (χ1n) is 7.40. The zero-order valence-corrected chi connectivity index (χ0v) is 16.4. The van der Waals surface area contributed by atoms with Crippen molar-refractivity contribution in [3.63, 3.8) is 0 Å². The summed E-state index contributed by atoms with van der Waals surface area (Å²) in [5.41, 5.74) is 0. The molecule has 0 aliphatic carbocycles. The van der Waals surface area contributed by atoms with Crippen LogP contribution in [0.4, 0.5) is 0 Å². The molecule has 0 fully saturated rings. The van der Waals surface area contributed by atoms with E-state index in [-0.39, 0.29) is 24.0 Å². The monoisotopic (exact) mass is 450 g/mol. The van der Waals surface area contributed by atoms with Crippen molar-refractivity contribution in [2.24, 2.45) is 4.99 Å². The lowest BCUT2D eigenvalue weighted by Crippen LogP contribution is -2.39. The average molecular weight is 450 g/mol. The zero-order valence-electron chi connectivity index (χ0n) is 13.3. The molecule has 0 aliphatic heterocycles. The van der Waals surface area contributed by atoms with E-state index in [1.54, 1.807) is 29.7 Å². The van der Waals surface area contributed by atoms with Crippen molar-refractivity contribution < 1.29 is 9.52 Å². The topological polar surface area (TPSA) is 82.7 Å². The Bertz CT molecular complexity index is 586. The molecule has 1 unspecified atom stereocenters. The van der Waals surface area contributed by atoms with Gasteiger partial charge in [0.1, 0.15) is 16.9 Å². The maximum Gasteiger partial charge on any atom is 0.191 e. The number of aliphatic hydroxyl groups excluding tert-OH is 1. The molecular formula is C15H23IN4O2S. The number of aliphatic imine (C=N–C) groups is 1. The van der Waals surface area contributed by atoms with Crippen molar-refractivity contribution in [2.45, 2.75) is 32.9 Å². The number of aromatic nitrogens is 1. The van der Waals surface area contributed by atoms with Gasteiger partial charge in [-0.2, -0.15) is 0 Å². The number of nitrogens with zero attached hydrogens (tertiary/aromatic N) is 2. The number of hydrogen-bond acceptors (Lipinski definition) is 5. The normalized spacial score (nSPS) is 12.6. The van der Waals surface area contributed by atoms with Crippen LogP contribution in [0.5, 0.6) is 0 Å². The second kappa shape index (κ2) is 10.6. The number of thiazole rings is 1. The molecule has 2 rings (SSSR count). The molecule has 2 aromatic rings. The largest absolute Gasteiger partial charge is 0.467 e. The Morgan fingerprint density at radius 2 is 2.26 bits per heavy atom. The van der Waals surface area contributed by atoms with Gasteiger partial charge in [0, 0.05) is 17.6 Å². The summed E-state index contributed by atoms with van der Waals surface area (Å²) < 4.78 is 5.17. The highest BCUT2D eigenvalue weighted by atomic mass is 127. The van der Waals surface area contributed by atoms with E-state index < -0.39 is 6.10 Å². The summed E-state index contributed by atoms with van der Waals surface area (Å²) in [5.74, 6) is 1.19. The highest BCUT2D eigenvalue weighted by Crippen LogP contribution is 2.14. The van der Waals surface area contributed by atoms with Crippen LogP contribution < -0.4 is 10.6 Å². The third-order valence-corrected chi connectivity index (χ3v) is 4.13. The lowest BCUT2D eigenvalue weighted by Gasteiger charge is -2.13. The molecule has 6 nitrogen and oxygen atoms in total. The number of halogens is 1. The van der Waals surface area contributed by atoms with Crippen LogP contribution in [0, 0.1) is 0 Å². The second-order valence-corrected chi connectivity index (χ2v) is 5.88. The standard InChI is InChI=1S/C15H22N4O2S.HI/c1-3-11-8-17-14(22-11)10-19-15(16-4-2)18-9-12(20)13-6-5-7-21-13;/h5-8,12,20H,3-4,9-10H2,1-2H3,(H2,16,18,19);1H. The number of nitrogens with one attached hydrogen (secondary N) is 2.